The van der Waals surface area contributed by atoms with Crippen molar-refractivity contribution in [1.82, 2.24) is 14.8 Å². The lowest BCUT2D eigenvalue weighted by Crippen LogP contribution is -2.46. The molecule has 0 saturated carbocycles. The molecule has 7 nitrogen and oxygen atoms in total. The highest BCUT2D eigenvalue weighted by Gasteiger charge is 2.37. The molecule has 2 aliphatic heterocycles. The first-order chi connectivity index (χ1) is 17.4. The van der Waals surface area contributed by atoms with Crippen molar-refractivity contribution >= 4 is 28.3 Å². The predicted octanol–water partition coefficient (Wildman–Crippen LogP) is 4.08. The number of methoxy groups -OCH3 is 1. The number of hydrazone groups is 1. The summed E-state index contributed by atoms with van der Waals surface area (Å²) in [5, 5.41) is 8.80. The van der Waals surface area contributed by atoms with E-state index in [9.17, 15) is 9.59 Å². The number of amides is 2. The minimum atomic E-state index is -0.255. The summed E-state index contributed by atoms with van der Waals surface area (Å²) in [5.74, 6) is 0.728. The fraction of sp³-hybridized carbons (Fsp3) is 0.345. The standard InChI is InChI=1S/C29H32N4O3/c1-31(2)29(35)26-9-6-16-32(26)19-28(34)33-27(21-12-14-24(36-3)15-13-21)18-25(30-33)23-11-10-20-7-4-5-8-22(20)17-23/h4-5,7-8,10-15,17,26-27H,6,9,16,18-19H2,1-3H3. The average Bonchev–Trinajstić information content (AvgIpc) is 3.55. The van der Waals surface area contributed by atoms with E-state index in [4.69, 9.17) is 9.84 Å². The van der Waals surface area contributed by atoms with Gasteiger partial charge in [0.2, 0.25) is 5.91 Å². The van der Waals surface area contributed by atoms with E-state index in [0.717, 1.165) is 47.4 Å². The number of benzene rings is 3. The maximum absolute atomic E-state index is 13.7. The highest BCUT2D eigenvalue weighted by Crippen LogP contribution is 2.34. The van der Waals surface area contributed by atoms with Crippen molar-refractivity contribution in [3.05, 3.63) is 77.9 Å². The van der Waals surface area contributed by atoms with Gasteiger partial charge in [0.15, 0.2) is 0 Å². The number of likely N-dealkylation sites (N-methyl/N-ethyl adjacent to an activating group) is 1. The number of nitrogens with zero attached hydrogens (tertiary/aromatic N) is 4. The van der Waals surface area contributed by atoms with Crippen molar-refractivity contribution in [3.63, 3.8) is 0 Å². The molecule has 36 heavy (non-hydrogen) atoms. The predicted molar refractivity (Wildman–Crippen MR) is 141 cm³/mol. The maximum atomic E-state index is 13.7. The lowest BCUT2D eigenvalue weighted by Gasteiger charge is -2.28. The van der Waals surface area contributed by atoms with Crippen molar-refractivity contribution in [3.8, 4) is 5.75 Å². The van der Waals surface area contributed by atoms with E-state index in [1.807, 2.05) is 41.3 Å². The molecular weight excluding hydrogens is 452 g/mol. The van der Waals surface area contributed by atoms with Gasteiger partial charge in [-0.15, -0.1) is 0 Å². The SMILES string of the molecule is COc1ccc(C2CC(c3ccc4ccccc4c3)=NN2C(=O)CN2CCCC2C(=O)N(C)C)cc1. The quantitative estimate of drug-likeness (QED) is 0.529. The van der Waals surface area contributed by atoms with Crippen LogP contribution in [0, 0.1) is 0 Å². The van der Waals surface area contributed by atoms with Gasteiger partial charge in [-0.1, -0.05) is 48.5 Å². The van der Waals surface area contributed by atoms with Gasteiger partial charge in [0.1, 0.15) is 5.75 Å². The molecule has 0 bridgehead atoms. The van der Waals surface area contributed by atoms with E-state index in [0.29, 0.717) is 6.42 Å². The van der Waals surface area contributed by atoms with Crippen LogP contribution in [0.25, 0.3) is 10.8 Å². The minimum Gasteiger partial charge on any atom is -0.497 e. The van der Waals surface area contributed by atoms with Crippen LogP contribution in [0.2, 0.25) is 0 Å². The van der Waals surface area contributed by atoms with Crippen LogP contribution in [0.5, 0.6) is 5.75 Å². The number of fused-ring (bicyclic) bond motifs is 1. The third kappa shape index (κ3) is 4.71. The summed E-state index contributed by atoms with van der Waals surface area (Å²) in [6.45, 7) is 0.906. The molecule has 2 aliphatic rings. The highest BCUT2D eigenvalue weighted by molar-refractivity contribution is 6.05. The number of hydrogen-bond donors (Lipinski definition) is 0. The third-order valence-electron chi connectivity index (χ3n) is 7.18. The van der Waals surface area contributed by atoms with Gasteiger partial charge in [-0.25, -0.2) is 5.01 Å². The Labute approximate surface area is 211 Å². The molecule has 0 radical (unpaired) electrons. The molecule has 1 fully saturated rings. The summed E-state index contributed by atoms with van der Waals surface area (Å²) in [6.07, 6.45) is 2.30. The second-order valence-electron chi connectivity index (χ2n) is 9.70. The van der Waals surface area contributed by atoms with E-state index >= 15 is 0 Å². The normalized spacial score (nSPS) is 20.0. The fourth-order valence-electron chi connectivity index (χ4n) is 5.21. The van der Waals surface area contributed by atoms with Crippen LogP contribution in [0.15, 0.2) is 71.8 Å². The molecule has 7 heteroatoms. The summed E-state index contributed by atoms with van der Waals surface area (Å²) >= 11 is 0. The zero-order valence-electron chi connectivity index (χ0n) is 21.1. The molecule has 1 saturated heterocycles. The Morgan fingerprint density at radius 1 is 1.03 bits per heavy atom. The summed E-state index contributed by atoms with van der Waals surface area (Å²) in [5.41, 5.74) is 2.91. The first-order valence-corrected chi connectivity index (χ1v) is 12.4. The van der Waals surface area contributed by atoms with E-state index in [2.05, 4.69) is 30.3 Å². The molecule has 0 spiro atoms. The molecule has 186 valence electrons. The van der Waals surface area contributed by atoms with Crippen molar-refractivity contribution in [2.24, 2.45) is 5.10 Å². The topological polar surface area (TPSA) is 65.5 Å². The zero-order chi connectivity index (χ0) is 25.2. The summed E-state index contributed by atoms with van der Waals surface area (Å²) in [7, 11) is 5.17. The van der Waals surface area contributed by atoms with Crippen LogP contribution in [-0.2, 0) is 9.59 Å². The van der Waals surface area contributed by atoms with E-state index in [-0.39, 0.29) is 30.4 Å². The largest absolute Gasteiger partial charge is 0.497 e. The monoisotopic (exact) mass is 484 g/mol. The number of carbonyl (C=O) groups is 2. The van der Waals surface area contributed by atoms with Crippen molar-refractivity contribution < 1.29 is 14.3 Å². The second kappa shape index (κ2) is 10.1. The van der Waals surface area contributed by atoms with Crippen LogP contribution in [0.3, 0.4) is 0 Å². The van der Waals surface area contributed by atoms with E-state index in [1.54, 1.807) is 31.1 Å². The molecule has 5 rings (SSSR count). The van der Waals surface area contributed by atoms with Crippen molar-refractivity contribution in [2.75, 3.05) is 34.3 Å². The maximum Gasteiger partial charge on any atom is 0.257 e. The first-order valence-electron chi connectivity index (χ1n) is 12.4. The Bertz CT molecular complexity index is 1300. The average molecular weight is 485 g/mol. The van der Waals surface area contributed by atoms with Gasteiger partial charge in [0.25, 0.3) is 5.91 Å². The van der Waals surface area contributed by atoms with E-state index in [1.165, 1.54) is 5.39 Å². The Morgan fingerprint density at radius 2 is 1.78 bits per heavy atom. The number of rotatable bonds is 6. The van der Waals surface area contributed by atoms with Gasteiger partial charge in [-0.2, -0.15) is 5.10 Å². The number of ether oxygens (including phenoxy) is 1. The second-order valence-corrected chi connectivity index (χ2v) is 9.70. The third-order valence-corrected chi connectivity index (χ3v) is 7.18. The lowest BCUT2D eigenvalue weighted by atomic mass is 9.97. The minimum absolute atomic E-state index is 0.0498. The van der Waals surface area contributed by atoms with Crippen molar-refractivity contribution in [2.45, 2.75) is 31.3 Å². The van der Waals surface area contributed by atoms with Gasteiger partial charge in [-0.3, -0.25) is 14.5 Å². The van der Waals surface area contributed by atoms with Crippen LogP contribution < -0.4 is 4.74 Å². The fourth-order valence-corrected chi connectivity index (χ4v) is 5.21. The molecule has 0 aromatic heterocycles. The Morgan fingerprint density at radius 3 is 2.50 bits per heavy atom. The molecule has 2 atom stereocenters. The molecule has 3 aromatic carbocycles. The van der Waals surface area contributed by atoms with Crippen LogP contribution >= 0.6 is 0 Å². The lowest BCUT2D eigenvalue weighted by molar-refractivity contribution is -0.137. The smallest absolute Gasteiger partial charge is 0.257 e. The Balaban J connectivity index is 1.44. The Hall–Kier alpha value is -3.71. The summed E-state index contributed by atoms with van der Waals surface area (Å²) in [6, 6.07) is 21.9. The van der Waals surface area contributed by atoms with Gasteiger partial charge in [0, 0.05) is 20.5 Å². The van der Waals surface area contributed by atoms with Gasteiger partial charge >= 0.3 is 0 Å². The van der Waals surface area contributed by atoms with E-state index < -0.39 is 0 Å². The first kappa shape index (κ1) is 24.0. The summed E-state index contributed by atoms with van der Waals surface area (Å²) in [4.78, 5) is 29.9. The molecule has 0 N–H and O–H groups in total. The molecule has 2 amide bonds. The number of carbonyl (C=O) groups excluding carboxylic acids is 2. The number of hydrogen-bond acceptors (Lipinski definition) is 5. The number of likely N-dealkylation sites (tertiary alicyclic amines) is 1. The van der Waals surface area contributed by atoms with Gasteiger partial charge in [-0.05, 0) is 59.5 Å². The van der Waals surface area contributed by atoms with Crippen LogP contribution in [0.1, 0.15) is 36.4 Å². The van der Waals surface area contributed by atoms with Crippen LogP contribution in [0.4, 0.5) is 0 Å². The van der Waals surface area contributed by atoms with Gasteiger partial charge < -0.3 is 9.64 Å². The molecule has 0 aliphatic carbocycles. The van der Waals surface area contributed by atoms with Gasteiger partial charge in [0.05, 0.1) is 31.4 Å². The molecule has 2 unspecified atom stereocenters. The molecular formula is C29H32N4O3. The van der Waals surface area contributed by atoms with Crippen LogP contribution in [-0.4, -0.2) is 72.7 Å². The molecule has 2 heterocycles. The Kier molecular flexibility index (Phi) is 6.74. The van der Waals surface area contributed by atoms with Crippen molar-refractivity contribution in [1.29, 1.82) is 0 Å². The summed E-state index contributed by atoms with van der Waals surface area (Å²) < 4.78 is 5.33. The molecule has 3 aromatic rings. The highest BCUT2D eigenvalue weighted by atomic mass is 16.5. The zero-order valence-corrected chi connectivity index (χ0v) is 21.1.